The molecule has 4 unspecified atom stereocenters. The summed E-state index contributed by atoms with van der Waals surface area (Å²) in [7, 11) is 0. The highest BCUT2D eigenvalue weighted by Gasteiger charge is 2.53. The van der Waals surface area contributed by atoms with Crippen molar-refractivity contribution in [2.75, 3.05) is 19.6 Å². The number of piperidine rings is 1. The third kappa shape index (κ3) is 2.81. The van der Waals surface area contributed by atoms with Crippen LogP contribution in [0, 0.1) is 17.8 Å². The van der Waals surface area contributed by atoms with Crippen molar-refractivity contribution in [2.24, 2.45) is 17.8 Å². The summed E-state index contributed by atoms with van der Waals surface area (Å²) in [4.78, 5) is 15.1. The van der Waals surface area contributed by atoms with Crippen LogP contribution in [0.25, 0.3) is 0 Å². The number of rotatable bonds is 4. The van der Waals surface area contributed by atoms with E-state index in [0.717, 1.165) is 24.3 Å². The van der Waals surface area contributed by atoms with Gasteiger partial charge in [0.25, 0.3) is 0 Å². The zero-order valence-electron chi connectivity index (χ0n) is 14.0. The van der Waals surface area contributed by atoms with Crippen LogP contribution < -0.4 is 5.32 Å². The van der Waals surface area contributed by atoms with Crippen molar-refractivity contribution >= 4 is 5.91 Å². The predicted octanol–water partition coefficient (Wildman–Crippen LogP) is 3.34. The highest BCUT2D eigenvalue weighted by molar-refractivity contribution is 5.77. The summed E-state index contributed by atoms with van der Waals surface area (Å²) in [5.41, 5.74) is 0.189. The van der Waals surface area contributed by atoms with Crippen molar-refractivity contribution < 1.29 is 4.79 Å². The molecular formula is C19H32N2O. The molecule has 3 aliphatic carbocycles. The Balaban J connectivity index is 1.34. The minimum absolute atomic E-state index is 0.189. The van der Waals surface area contributed by atoms with Crippen LogP contribution in [0.3, 0.4) is 0 Å². The molecule has 0 radical (unpaired) electrons. The van der Waals surface area contributed by atoms with Gasteiger partial charge in [0.15, 0.2) is 0 Å². The number of nitrogens with one attached hydrogen (secondary N) is 1. The first-order chi connectivity index (χ1) is 10.8. The molecule has 1 saturated heterocycles. The van der Waals surface area contributed by atoms with Crippen molar-refractivity contribution in [3.8, 4) is 0 Å². The van der Waals surface area contributed by atoms with Gasteiger partial charge in [-0.1, -0.05) is 19.3 Å². The Labute approximate surface area is 135 Å². The van der Waals surface area contributed by atoms with Gasteiger partial charge in [-0.3, -0.25) is 4.79 Å². The van der Waals surface area contributed by atoms with Gasteiger partial charge in [0.05, 0.1) is 0 Å². The second kappa shape index (κ2) is 6.14. The number of hydrogen-bond donors (Lipinski definition) is 1. The number of likely N-dealkylation sites (tertiary alicyclic amines) is 1. The molecule has 4 bridgehead atoms. The van der Waals surface area contributed by atoms with E-state index in [2.05, 4.69) is 10.2 Å². The first-order valence-corrected chi connectivity index (χ1v) is 9.78. The van der Waals surface area contributed by atoms with E-state index in [0.29, 0.717) is 12.3 Å². The summed E-state index contributed by atoms with van der Waals surface area (Å²) >= 11 is 0. The lowest BCUT2D eigenvalue weighted by Crippen LogP contribution is -2.58. The molecule has 3 heteroatoms. The number of nitrogens with zero attached hydrogens (tertiary/aromatic N) is 1. The third-order valence-corrected chi connectivity index (χ3v) is 7.24. The van der Waals surface area contributed by atoms with E-state index in [1.165, 1.54) is 77.3 Å². The van der Waals surface area contributed by atoms with Gasteiger partial charge >= 0.3 is 0 Å². The fourth-order valence-corrected chi connectivity index (χ4v) is 6.07. The molecule has 0 aromatic carbocycles. The van der Waals surface area contributed by atoms with Crippen LogP contribution in [0.4, 0.5) is 0 Å². The number of fused-ring (bicyclic) bond motifs is 6. The van der Waals surface area contributed by atoms with E-state index < -0.39 is 0 Å². The predicted molar refractivity (Wildman–Crippen MR) is 88.6 cm³/mol. The third-order valence-electron chi connectivity index (χ3n) is 7.24. The van der Waals surface area contributed by atoms with Crippen LogP contribution in [0.15, 0.2) is 0 Å². The normalized spacial score (nSPS) is 41.4. The molecule has 3 nitrogen and oxygen atoms in total. The fraction of sp³-hybridized carbons (Fsp3) is 0.947. The maximum absolute atomic E-state index is 12.6. The standard InChI is InChI=1S/C19H32N2O/c22-18(8-12-21-10-2-1-3-11-21)20-19-9-4-5-16(14-19)15-6-7-17(19)13-15/h15-17H,1-14H2,(H,20,22). The van der Waals surface area contributed by atoms with E-state index in [4.69, 9.17) is 0 Å². The molecular weight excluding hydrogens is 272 g/mol. The van der Waals surface area contributed by atoms with Crippen molar-refractivity contribution in [1.29, 1.82) is 0 Å². The van der Waals surface area contributed by atoms with Crippen LogP contribution >= 0.6 is 0 Å². The number of carbonyl (C=O) groups is 1. The second-order valence-electron chi connectivity index (χ2n) is 8.48. The Morgan fingerprint density at radius 1 is 1.05 bits per heavy atom. The van der Waals surface area contributed by atoms with Gasteiger partial charge in [-0.05, 0) is 75.8 Å². The Hall–Kier alpha value is -0.570. The first-order valence-electron chi connectivity index (χ1n) is 9.78. The second-order valence-corrected chi connectivity index (χ2v) is 8.48. The van der Waals surface area contributed by atoms with E-state index >= 15 is 0 Å². The van der Waals surface area contributed by atoms with E-state index in [-0.39, 0.29) is 5.54 Å². The molecule has 1 amide bonds. The SMILES string of the molecule is O=C(CCN1CCCCC1)NC12CCCC(C1)C1CCC2C1. The summed E-state index contributed by atoms with van der Waals surface area (Å²) in [6.45, 7) is 3.37. The zero-order valence-corrected chi connectivity index (χ0v) is 14.0. The molecule has 1 N–H and O–H groups in total. The highest BCUT2D eigenvalue weighted by atomic mass is 16.1. The first kappa shape index (κ1) is 15.0. The Bertz CT molecular complexity index is 418. The smallest absolute Gasteiger partial charge is 0.221 e. The van der Waals surface area contributed by atoms with Crippen molar-refractivity contribution in [2.45, 2.75) is 76.2 Å². The largest absolute Gasteiger partial charge is 0.350 e. The Morgan fingerprint density at radius 3 is 2.77 bits per heavy atom. The van der Waals surface area contributed by atoms with Crippen LogP contribution in [0.1, 0.15) is 70.6 Å². The zero-order chi connectivity index (χ0) is 15.0. The molecule has 0 aromatic rings. The summed E-state index contributed by atoms with van der Waals surface area (Å²) in [6.07, 6.45) is 14.2. The summed E-state index contributed by atoms with van der Waals surface area (Å²) < 4.78 is 0. The minimum atomic E-state index is 0.189. The van der Waals surface area contributed by atoms with Crippen LogP contribution in [-0.4, -0.2) is 36.0 Å². The van der Waals surface area contributed by atoms with Gasteiger partial charge in [-0.15, -0.1) is 0 Å². The lowest BCUT2D eigenvalue weighted by molar-refractivity contribution is -0.125. The van der Waals surface area contributed by atoms with Crippen LogP contribution in [0.2, 0.25) is 0 Å². The van der Waals surface area contributed by atoms with Gasteiger partial charge in [-0.2, -0.15) is 0 Å². The molecule has 3 saturated carbocycles. The molecule has 4 fully saturated rings. The maximum atomic E-state index is 12.6. The average molecular weight is 304 g/mol. The van der Waals surface area contributed by atoms with E-state index in [9.17, 15) is 4.79 Å². The molecule has 4 aliphatic rings. The molecule has 22 heavy (non-hydrogen) atoms. The van der Waals surface area contributed by atoms with Crippen LogP contribution in [0.5, 0.6) is 0 Å². The molecule has 0 aromatic heterocycles. The lowest BCUT2D eigenvalue weighted by Gasteiger charge is -2.50. The summed E-state index contributed by atoms with van der Waals surface area (Å²) in [5.74, 6) is 3.02. The summed E-state index contributed by atoms with van der Waals surface area (Å²) in [6, 6.07) is 0. The Kier molecular flexibility index (Phi) is 4.19. The number of carbonyl (C=O) groups excluding carboxylic acids is 1. The lowest BCUT2D eigenvalue weighted by atomic mass is 9.61. The molecule has 4 atom stereocenters. The minimum Gasteiger partial charge on any atom is -0.350 e. The quantitative estimate of drug-likeness (QED) is 0.864. The van der Waals surface area contributed by atoms with Gasteiger partial charge < -0.3 is 10.2 Å². The monoisotopic (exact) mass is 304 g/mol. The Morgan fingerprint density at radius 2 is 1.91 bits per heavy atom. The van der Waals surface area contributed by atoms with Crippen LogP contribution in [-0.2, 0) is 4.79 Å². The fourth-order valence-electron chi connectivity index (χ4n) is 6.07. The van der Waals surface area contributed by atoms with Gasteiger partial charge in [0.1, 0.15) is 0 Å². The van der Waals surface area contributed by atoms with Crippen molar-refractivity contribution in [1.82, 2.24) is 10.2 Å². The molecule has 124 valence electrons. The van der Waals surface area contributed by atoms with E-state index in [1.807, 2.05) is 0 Å². The number of amides is 1. The maximum Gasteiger partial charge on any atom is 0.221 e. The highest BCUT2D eigenvalue weighted by Crippen LogP contribution is 2.56. The molecule has 1 aliphatic heterocycles. The molecule has 1 heterocycles. The van der Waals surface area contributed by atoms with Gasteiger partial charge in [-0.25, -0.2) is 0 Å². The molecule has 0 spiro atoms. The average Bonchev–Trinajstić information content (AvgIpc) is 3.01. The van der Waals surface area contributed by atoms with Crippen molar-refractivity contribution in [3.05, 3.63) is 0 Å². The van der Waals surface area contributed by atoms with Gasteiger partial charge in [0, 0.05) is 18.5 Å². The van der Waals surface area contributed by atoms with Crippen molar-refractivity contribution in [3.63, 3.8) is 0 Å². The van der Waals surface area contributed by atoms with Gasteiger partial charge in [0.2, 0.25) is 5.91 Å². The number of hydrogen-bond acceptors (Lipinski definition) is 2. The summed E-state index contributed by atoms with van der Waals surface area (Å²) in [5, 5.41) is 3.57. The van der Waals surface area contributed by atoms with E-state index in [1.54, 1.807) is 0 Å². The topological polar surface area (TPSA) is 32.3 Å². The molecule has 4 rings (SSSR count).